The zero-order valence-corrected chi connectivity index (χ0v) is 15.4. The summed E-state index contributed by atoms with van der Waals surface area (Å²) in [7, 11) is 0. The highest BCUT2D eigenvalue weighted by Crippen LogP contribution is 2.33. The third kappa shape index (κ3) is 3.45. The Morgan fingerprint density at radius 1 is 1.17 bits per heavy atom. The van der Waals surface area contributed by atoms with Crippen molar-refractivity contribution in [3.05, 3.63) is 77.3 Å². The van der Waals surface area contributed by atoms with Gasteiger partial charge < -0.3 is 19.0 Å². The van der Waals surface area contributed by atoms with Gasteiger partial charge in [0.15, 0.2) is 0 Å². The second-order valence-corrected chi connectivity index (χ2v) is 6.94. The Labute approximate surface area is 165 Å². The molecule has 0 bridgehead atoms. The standard InChI is InChI=1S/C20H18FN5O3/c21-13-3-1-12(2-4-13)19-24-20(29-25-19)18-7-16-17(23-11-22-16)9-26(18)8-14-5-6-15(10-27)28-14/h1-6,11,18,27H,7-10H2,(H,22,23)/t18-/m0/s1. The fourth-order valence-corrected chi connectivity index (χ4v) is 3.58. The van der Waals surface area contributed by atoms with Crippen LogP contribution in [0.1, 0.15) is 34.8 Å². The number of aliphatic hydroxyl groups excluding tert-OH is 1. The van der Waals surface area contributed by atoms with E-state index in [0.29, 0.717) is 42.5 Å². The number of fused-ring (bicyclic) bond motifs is 1. The molecule has 5 rings (SSSR count). The summed E-state index contributed by atoms with van der Waals surface area (Å²) in [6.45, 7) is 0.986. The van der Waals surface area contributed by atoms with Crippen LogP contribution in [0.5, 0.6) is 0 Å². The Bertz CT molecular complexity index is 1120. The molecule has 1 aliphatic heterocycles. The van der Waals surface area contributed by atoms with Crippen molar-refractivity contribution in [1.82, 2.24) is 25.0 Å². The third-order valence-corrected chi connectivity index (χ3v) is 5.06. The molecule has 0 amide bonds. The Kier molecular flexibility index (Phi) is 4.45. The molecule has 9 heteroatoms. The second-order valence-electron chi connectivity index (χ2n) is 6.94. The van der Waals surface area contributed by atoms with E-state index in [-0.39, 0.29) is 18.5 Å². The maximum absolute atomic E-state index is 13.2. The zero-order valence-electron chi connectivity index (χ0n) is 15.4. The van der Waals surface area contributed by atoms with Crippen LogP contribution in [0.4, 0.5) is 4.39 Å². The number of halogens is 1. The zero-order chi connectivity index (χ0) is 19.8. The van der Waals surface area contributed by atoms with Crippen LogP contribution >= 0.6 is 0 Å². The SMILES string of the molecule is OCc1ccc(CN2Cc3[nH]cnc3C[C@H]2c2nc(-c3ccc(F)cc3)no2)o1. The largest absolute Gasteiger partial charge is 0.462 e. The van der Waals surface area contributed by atoms with Crippen molar-refractivity contribution >= 4 is 0 Å². The Hall–Kier alpha value is -3.30. The fraction of sp³-hybridized carbons (Fsp3) is 0.250. The summed E-state index contributed by atoms with van der Waals surface area (Å²) >= 11 is 0. The molecule has 0 spiro atoms. The number of imidazole rings is 1. The van der Waals surface area contributed by atoms with Crippen LogP contribution in [-0.2, 0) is 26.1 Å². The molecule has 148 valence electrons. The van der Waals surface area contributed by atoms with Crippen molar-refractivity contribution in [2.45, 2.75) is 32.2 Å². The van der Waals surface area contributed by atoms with Gasteiger partial charge in [-0.1, -0.05) is 5.16 Å². The van der Waals surface area contributed by atoms with Gasteiger partial charge in [-0.25, -0.2) is 9.37 Å². The summed E-state index contributed by atoms with van der Waals surface area (Å²) < 4.78 is 24.4. The molecule has 0 saturated heterocycles. The molecule has 0 aliphatic carbocycles. The highest BCUT2D eigenvalue weighted by Gasteiger charge is 2.33. The van der Waals surface area contributed by atoms with Crippen LogP contribution in [0.25, 0.3) is 11.4 Å². The number of aromatic amines is 1. The summed E-state index contributed by atoms with van der Waals surface area (Å²) in [5.74, 6) is 1.82. The molecular weight excluding hydrogens is 377 g/mol. The topological polar surface area (TPSA) is 104 Å². The summed E-state index contributed by atoms with van der Waals surface area (Å²) in [6.07, 6.45) is 2.29. The molecule has 2 N–H and O–H groups in total. The van der Waals surface area contributed by atoms with E-state index in [9.17, 15) is 9.50 Å². The Balaban J connectivity index is 1.45. The molecule has 29 heavy (non-hydrogen) atoms. The highest BCUT2D eigenvalue weighted by molar-refractivity contribution is 5.53. The predicted molar refractivity (Wildman–Crippen MR) is 98.6 cm³/mol. The van der Waals surface area contributed by atoms with Crippen molar-refractivity contribution < 1.29 is 18.4 Å². The maximum Gasteiger partial charge on any atom is 0.244 e. The first-order valence-corrected chi connectivity index (χ1v) is 9.23. The summed E-state index contributed by atoms with van der Waals surface area (Å²) in [5.41, 5.74) is 2.68. The number of aliphatic hydroxyl groups is 1. The number of nitrogens with one attached hydrogen (secondary N) is 1. The quantitative estimate of drug-likeness (QED) is 0.535. The lowest BCUT2D eigenvalue weighted by Gasteiger charge is -2.31. The van der Waals surface area contributed by atoms with E-state index in [1.807, 2.05) is 6.07 Å². The first-order valence-electron chi connectivity index (χ1n) is 9.23. The first kappa shape index (κ1) is 17.8. The van der Waals surface area contributed by atoms with Crippen LogP contribution in [0, 0.1) is 5.82 Å². The third-order valence-electron chi connectivity index (χ3n) is 5.06. The van der Waals surface area contributed by atoms with Crippen molar-refractivity contribution in [3.63, 3.8) is 0 Å². The van der Waals surface area contributed by atoms with Crippen molar-refractivity contribution in [2.24, 2.45) is 0 Å². The van der Waals surface area contributed by atoms with Gasteiger partial charge in [0.2, 0.25) is 11.7 Å². The molecule has 4 aromatic rings. The van der Waals surface area contributed by atoms with Crippen LogP contribution in [0.3, 0.4) is 0 Å². The van der Waals surface area contributed by atoms with Gasteiger partial charge in [0, 0.05) is 18.5 Å². The van der Waals surface area contributed by atoms with E-state index in [1.165, 1.54) is 12.1 Å². The average molecular weight is 395 g/mol. The number of hydrogen-bond donors (Lipinski definition) is 2. The molecule has 0 unspecified atom stereocenters. The van der Waals surface area contributed by atoms with Gasteiger partial charge in [0.05, 0.1) is 30.3 Å². The lowest BCUT2D eigenvalue weighted by atomic mass is 10.0. The summed E-state index contributed by atoms with van der Waals surface area (Å²) in [4.78, 5) is 14.3. The highest BCUT2D eigenvalue weighted by atomic mass is 19.1. The predicted octanol–water partition coefficient (Wildman–Crippen LogP) is 2.98. The number of benzene rings is 1. The number of H-pyrrole nitrogens is 1. The van der Waals surface area contributed by atoms with Crippen LogP contribution < -0.4 is 0 Å². The van der Waals surface area contributed by atoms with Gasteiger partial charge in [0.1, 0.15) is 23.9 Å². The molecule has 1 atom stereocenters. The van der Waals surface area contributed by atoms with E-state index in [0.717, 1.165) is 17.1 Å². The minimum absolute atomic E-state index is 0.140. The molecule has 3 aromatic heterocycles. The van der Waals surface area contributed by atoms with Crippen molar-refractivity contribution in [1.29, 1.82) is 0 Å². The molecule has 0 fully saturated rings. The van der Waals surface area contributed by atoms with Crippen LogP contribution in [-0.4, -0.2) is 30.1 Å². The van der Waals surface area contributed by atoms with E-state index in [2.05, 4.69) is 25.0 Å². The van der Waals surface area contributed by atoms with E-state index in [4.69, 9.17) is 8.94 Å². The molecule has 4 heterocycles. The van der Waals surface area contributed by atoms with Gasteiger partial charge >= 0.3 is 0 Å². The number of nitrogens with zero attached hydrogens (tertiary/aromatic N) is 4. The number of rotatable bonds is 5. The molecule has 0 saturated carbocycles. The van der Waals surface area contributed by atoms with Gasteiger partial charge in [0.25, 0.3) is 0 Å². The Morgan fingerprint density at radius 2 is 2.00 bits per heavy atom. The fourth-order valence-electron chi connectivity index (χ4n) is 3.58. The minimum Gasteiger partial charge on any atom is -0.462 e. The molecule has 0 radical (unpaired) electrons. The van der Waals surface area contributed by atoms with Gasteiger partial charge in [-0.15, -0.1) is 0 Å². The molecule has 8 nitrogen and oxygen atoms in total. The molecule has 1 aromatic carbocycles. The van der Waals surface area contributed by atoms with E-state index in [1.54, 1.807) is 24.5 Å². The second kappa shape index (κ2) is 7.26. The number of furan rings is 1. The number of hydrogen-bond acceptors (Lipinski definition) is 7. The average Bonchev–Trinajstić information content (AvgIpc) is 3.48. The van der Waals surface area contributed by atoms with Gasteiger partial charge in [-0.05, 0) is 36.4 Å². The smallest absolute Gasteiger partial charge is 0.244 e. The van der Waals surface area contributed by atoms with Gasteiger partial charge in [-0.3, -0.25) is 4.90 Å². The summed E-state index contributed by atoms with van der Waals surface area (Å²) in [6, 6.07) is 9.39. The van der Waals surface area contributed by atoms with Crippen LogP contribution in [0.15, 0.2) is 51.7 Å². The summed E-state index contributed by atoms with van der Waals surface area (Å²) in [5, 5.41) is 13.3. The van der Waals surface area contributed by atoms with E-state index >= 15 is 0 Å². The Morgan fingerprint density at radius 3 is 2.79 bits per heavy atom. The van der Waals surface area contributed by atoms with Crippen molar-refractivity contribution in [2.75, 3.05) is 0 Å². The molecule has 1 aliphatic rings. The monoisotopic (exact) mass is 395 g/mol. The normalized spacial score (nSPS) is 16.8. The minimum atomic E-state index is -0.317. The first-order chi connectivity index (χ1) is 14.2. The maximum atomic E-state index is 13.2. The lowest BCUT2D eigenvalue weighted by Crippen LogP contribution is -2.34. The van der Waals surface area contributed by atoms with Crippen LogP contribution in [0.2, 0.25) is 0 Å². The number of aromatic nitrogens is 4. The van der Waals surface area contributed by atoms with Crippen molar-refractivity contribution in [3.8, 4) is 11.4 Å². The van der Waals surface area contributed by atoms with Gasteiger partial charge in [-0.2, -0.15) is 4.98 Å². The lowest BCUT2D eigenvalue weighted by molar-refractivity contribution is 0.117. The van der Waals surface area contributed by atoms with E-state index < -0.39 is 0 Å². The molecular formula is C20H18FN5O3.